The maximum atomic E-state index is 13.7. The summed E-state index contributed by atoms with van der Waals surface area (Å²) in [6.45, 7) is 3.53. The van der Waals surface area contributed by atoms with Crippen molar-refractivity contribution in [2.75, 3.05) is 33.9 Å². The fraction of sp³-hybridized carbons (Fsp3) is 0.357. The number of ether oxygens (including phenoxy) is 2. The molecule has 208 valence electrons. The number of aliphatic hydroxyl groups excluding tert-OH is 1. The molecule has 2 aromatic carbocycles. The molecular weight excluding hydrogens is 525 g/mol. The van der Waals surface area contributed by atoms with Crippen LogP contribution in [0.1, 0.15) is 24.2 Å². The Bertz CT molecular complexity index is 1420. The molecule has 2 heterocycles. The summed E-state index contributed by atoms with van der Waals surface area (Å²) in [6, 6.07) is 13.1. The summed E-state index contributed by atoms with van der Waals surface area (Å²) >= 11 is 0. The van der Waals surface area contributed by atoms with Gasteiger partial charge in [-0.05, 0) is 55.0 Å². The summed E-state index contributed by atoms with van der Waals surface area (Å²) in [4.78, 5) is 19.6. The summed E-state index contributed by atoms with van der Waals surface area (Å²) in [5.41, 5.74) is 1.72. The molecule has 4 rings (SSSR count). The summed E-state index contributed by atoms with van der Waals surface area (Å²) < 4.78 is 52.3. The molecule has 1 N–H and O–H groups in total. The summed E-state index contributed by atoms with van der Waals surface area (Å²) in [7, 11) is -0.933. The van der Waals surface area contributed by atoms with E-state index >= 15 is 0 Å². The van der Waals surface area contributed by atoms with Crippen molar-refractivity contribution in [1.29, 1.82) is 0 Å². The Morgan fingerprint density at radius 1 is 1.18 bits per heavy atom. The molecule has 9 nitrogen and oxygen atoms in total. The minimum Gasteiger partial charge on any atom is -0.497 e. The van der Waals surface area contributed by atoms with Crippen LogP contribution in [-0.2, 0) is 10.0 Å². The Hall–Kier alpha value is -3.54. The van der Waals surface area contributed by atoms with Crippen LogP contribution < -0.4 is 9.47 Å². The Morgan fingerprint density at radius 2 is 1.85 bits per heavy atom. The van der Waals surface area contributed by atoms with Crippen LogP contribution in [0.25, 0.3) is 11.1 Å². The number of carbonyl (C=O) groups is 1. The van der Waals surface area contributed by atoms with Crippen LogP contribution in [0.3, 0.4) is 0 Å². The second kappa shape index (κ2) is 11.7. The molecule has 0 aliphatic carbocycles. The topological polar surface area (TPSA) is 109 Å². The lowest BCUT2D eigenvalue weighted by Gasteiger charge is -2.37. The summed E-state index contributed by atoms with van der Waals surface area (Å²) in [5.74, 6) is -0.418. The molecule has 0 unspecified atom stereocenters. The number of aromatic nitrogens is 1. The minimum atomic E-state index is -3.94. The van der Waals surface area contributed by atoms with E-state index in [9.17, 15) is 22.7 Å². The third kappa shape index (κ3) is 6.05. The van der Waals surface area contributed by atoms with Gasteiger partial charge in [0.25, 0.3) is 5.91 Å². The fourth-order valence-corrected chi connectivity index (χ4v) is 5.58. The molecule has 0 fully saturated rings. The average Bonchev–Trinajstić information content (AvgIpc) is 2.94. The molecule has 3 aromatic rings. The normalized spacial score (nSPS) is 18.6. The Morgan fingerprint density at radius 3 is 2.46 bits per heavy atom. The number of nitrogens with zero attached hydrogens (tertiary/aromatic N) is 3. The lowest BCUT2D eigenvalue weighted by atomic mass is 9.99. The fourth-order valence-electron chi connectivity index (χ4n) is 4.40. The lowest BCUT2D eigenvalue weighted by Crippen LogP contribution is -2.50. The second-order valence-electron chi connectivity index (χ2n) is 9.67. The number of likely N-dealkylation sites (N-methyl/N-ethyl adjacent to an activating group) is 1. The number of aliphatic hydroxyl groups is 1. The van der Waals surface area contributed by atoms with Crippen molar-refractivity contribution in [3.8, 4) is 22.8 Å². The first-order chi connectivity index (χ1) is 18.5. The number of hydrogen-bond acceptors (Lipinski definition) is 7. The van der Waals surface area contributed by atoms with Crippen LogP contribution in [0.5, 0.6) is 11.6 Å². The van der Waals surface area contributed by atoms with E-state index in [1.165, 1.54) is 19.2 Å². The van der Waals surface area contributed by atoms with Gasteiger partial charge in [-0.25, -0.2) is 17.8 Å². The highest BCUT2D eigenvalue weighted by atomic mass is 32.2. The highest BCUT2D eigenvalue weighted by Crippen LogP contribution is 2.31. The van der Waals surface area contributed by atoms with Gasteiger partial charge in [-0.3, -0.25) is 4.79 Å². The Kier molecular flexibility index (Phi) is 8.53. The Labute approximate surface area is 227 Å². The number of rotatable bonds is 8. The third-order valence-corrected chi connectivity index (χ3v) is 8.74. The van der Waals surface area contributed by atoms with Crippen molar-refractivity contribution in [2.24, 2.45) is 5.92 Å². The largest absolute Gasteiger partial charge is 0.497 e. The van der Waals surface area contributed by atoms with Crippen LogP contribution >= 0.6 is 0 Å². The van der Waals surface area contributed by atoms with E-state index in [1.54, 1.807) is 43.3 Å². The number of halogens is 1. The van der Waals surface area contributed by atoms with Gasteiger partial charge in [0.1, 0.15) is 23.2 Å². The highest BCUT2D eigenvalue weighted by Gasteiger charge is 2.36. The lowest BCUT2D eigenvalue weighted by molar-refractivity contribution is 0.0373. The third-order valence-electron chi connectivity index (χ3n) is 6.90. The van der Waals surface area contributed by atoms with Crippen LogP contribution in [0.4, 0.5) is 4.39 Å². The second-order valence-corrected chi connectivity index (χ2v) is 11.7. The quantitative estimate of drug-likeness (QED) is 0.452. The molecular formula is C28H32FN3O6S. The number of amides is 1. The van der Waals surface area contributed by atoms with Crippen LogP contribution in [0.15, 0.2) is 65.7 Å². The van der Waals surface area contributed by atoms with Crippen LogP contribution in [0, 0.1) is 11.7 Å². The maximum absolute atomic E-state index is 13.7. The van der Waals surface area contributed by atoms with E-state index in [0.29, 0.717) is 11.3 Å². The molecule has 0 bridgehead atoms. The van der Waals surface area contributed by atoms with Gasteiger partial charge in [-0.1, -0.05) is 19.1 Å². The first-order valence-electron chi connectivity index (χ1n) is 12.5. The van der Waals surface area contributed by atoms with Gasteiger partial charge in [-0.2, -0.15) is 4.31 Å². The van der Waals surface area contributed by atoms with E-state index in [4.69, 9.17) is 9.47 Å². The molecule has 11 heteroatoms. The smallest absolute Gasteiger partial charge is 0.259 e. The number of hydrogen-bond donors (Lipinski definition) is 1. The van der Waals surface area contributed by atoms with Crippen molar-refractivity contribution in [3.63, 3.8) is 0 Å². The molecule has 1 aromatic heterocycles. The summed E-state index contributed by atoms with van der Waals surface area (Å²) in [5, 5.41) is 9.88. The summed E-state index contributed by atoms with van der Waals surface area (Å²) in [6.07, 6.45) is 0.917. The zero-order chi connectivity index (χ0) is 28.3. The molecule has 39 heavy (non-hydrogen) atoms. The van der Waals surface area contributed by atoms with Crippen molar-refractivity contribution in [3.05, 3.63) is 72.2 Å². The van der Waals surface area contributed by atoms with Gasteiger partial charge in [-0.15, -0.1) is 0 Å². The predicted molar refractivity (Wildman–Crippen MR) is 144 cm³/mol. The Balaban J connectivity index is 1.70. The van der Waals surface area contributed by atoms with Crippen molar-refractivity contribution < 1.29 is 32.2 Å². The van der Waals surface area contributed by atoms with E-state index in [2.05, 4.69) is 4.98 Å². The van der Waals surface area contributed by atoms with Crippen molar-refractivity contribution >= 4 is 15.9 Å². The number of pyridine rings is 1. The zero-order valence-electron chi connectivity index (χ0n) is 22.2. The monoisotopic (exact) mass is 557 g/mol. The molecule has 0 radical (unpaired) electrons. The predicted octanol–water partition coefficient (Wildman–Crippen LogP) is 3.44. The van der Waals surface area contributed by atoms with Gasteiger partial charge >= 0.3 is 0 Å². The van der Waals surface area contributed by atoms with Crippen molar-refractivity contribution in [1.82, 2.24) is 14.2 Å². The molecule has 1 aliphatic heterocycles. The van der Waals surface area contributed by atoms with Crippen LogP contribution in [-0.4, -0.2) is 79.6 Å². The van der Waals surface area contributed by atoms with Gasteiger partial charge in [0, 0.05) is 31.3 Å². The van der Waals surface area contributed by atoms with Gasteiger partial charge in [0.05, 0.1) is 31.2 Å². The first kappa shape index (κ1) is 28.5. The number of carbonyl (C=O) groups excluding carboxylic acids is 1. The van der Waals surface area contributed by atoms with E-state index in [1.807, 2.05) is 19.1 Å². The SMILES string of the molecule is COc1ccc(-c2cnc3c(c2)C(=O)N([C@H](C)CO)C[C@H](C)[C@H](CN(C)S(=O)(=O)c2ccc(F)cc2)O3)cc1. The number of methoxy groups -OCH3 is 1. The van der Waals surface area contributed by atoms with Crippen molar-refractivity contribution in [2.45, 2.75) is 30.9 Å². The molecule has 3 atom stereocenters. The van der Waals surface area contributed by atoms with E-state index in [-0.39, 0.29) is 47.9 Å². The van der Waals surface area contributed by atoms with Crippen LogP contribution in [0.2, 0.25) is 0 Å². The molecule has 1 amide bonds. The molecule has 0 saturated heterocycles. The standard InChI is InChI=1S/C28H32FN3O6S/c1-18-15-32(19(2)17-33)28(34)25-13-21(20-5-9-23(37-4)10-6-20)14-30-27(25)38-26(18)16-31(3)39(35,36)24-11-7-22(29)8-12-24/h5-14,18-19,26,33H,15-17H2,1-4H3/t18-,19+,26-/m0/s1. The number of sulfonamides is 1. The van der Waals surface area contributed by atoms with E-state index < -0.39 is 28.0 Å². The molecule has 1 aliphatic rings. The first-order valence-corrected chi connectivity index (χ1v) is 13.9. The minimum absolute atomic E-state index is 0.0433. The number of benzene rings is 2. The van der Waals surface area contributed by atoms with Gasteiger partial charge < -0.3 is 19.5 Å². The highest BCUT2D eigenvalue weighted by molar-refractivity contribution is 7.89. The van der Waals surface area contributed by atoms with E-state index in [0.717, 1.165) is 22.0 Å². The maximum Gasteiger partial charge on any atom is 0.259 e. The van der Waals surface area contributed by atoms with Gasteiger partial charge in [0.2, 0.25) is 15.9 Å². The molecule has 0 spiro atoms. The van der Waals surface area contributed by atoms with Gasteiger partial charge in [0.15, 0.2) is 0 Å². The number of fused-ring (bicyclic) bond motifs is 1. The molecule has 0 saturated carbocycles. The average molecular weight is 558 g/mol. The zero-order valence-corrected chi connectivity index (χ0v) is 23.1.